The molecule has 4 N–H and O–H groups in total. The first-order valence-electron chi connectivity index (χ1n) is 5.55. The number of nitriles is 1. The molecule has 0 aliphatic heterocycles. The monoisotopic (exact) mass is 375 g/mol. The van der Waals surface area contributed by atoms with E-state index >= 15 is 0 Å². The molecule has 10 heteroatoms. The lowest BCUT2D eigenvalue weighted by atomic mass is 10.00. The topological polar surface area (TPSA) is 102 Å². The minimum Gasteiger partial charge on any atom is -0.382 e. The molecule has 1 aromatic heterocycles. The second kappa shape index (κ2) is 5.42. The number of nitrogen functional groups attached to an aromatic ring is 2. The first kappa shape index (κ1) is 16.0. The fourth-order valence-corrected chi connectivity index (χ4v) is 2.14. The van der Waals surface area contributed by atoms with Gasteiger partial charge in [-0.1, -0.05) is 0 Å². The molecule has 114 valence electrons. The normalized spacial score (nSPS) is 11.3. The van der Waals surface area contributed by atoms with Crippen molar-refractivity contribution >= 4 is 27.7 Å². The maximum Gasteiger partial charge on any atom is 0.417 e. The SMILES string of the molecule is N#Cc1c(N)nc(N)nc1-c1c(C(F)(F)F)ccc(Br)c1F. The average molecular weight is 376 g/mol. The second-order valence-electron chi connectivity index (χ2n) is 4.08. The number of hydrogen-bond acceptors (Lipinski definition) is 5. The first-order chi connectivity index (χ1) is 10.2. The average Bonchev–Trinajstić information content (AvgIpc) is 2.39. The van der Waals surface area contributed by atoms with Gasteiger partial charge in [0.15, 0.2) is 0 Å². The van der Waals surface area contributed by atoms with Gasteiger partial charge >= 0.3 is 6.18 Å². The van der Waals surface area contributed by atoms with E-state index in [1.807, 2.05) is 0 Å². The summed E-state index contributed by atoms with van der Waals surface area (Å²) < 4.78 is 53.4. The third-order valence-electron chi connectivity index (χ3n) is 2.70. The lowest BCUT2D eigenvalue weighted by Gasteiger charge is -2.15. The number of nitrogens with zero attached hydrogens (tertiary/aromatic N) is 3. The van der Waals surface area contributed by atoms with Crippen LogP contribution < -0.4 is 11.5 Å². The minimum absolute atomic E-state index is 0.227. The Kier molecular flexibility index (Phi) is 3.93. The standard InChI is InChI=1S/C12H6BrF4N5/c13-6-2-1-5(12(15,16)17)7(8(6)14)9-4(3-18)10(19)22-11(20)21-9/h1-2H,(H4,19,20,21,22). The van der Waals surface area contributed by atoms with E-state index in [0.717, 1.165) is 6.07 Å². The van der Waals surface area contributed by atoms with Gasteiger partial charge in [0.25, 0.3) is 0 Å². The molecule has 0 amide bonds. The van der Waals surface area contributed by atoms with Crippen LogP contribution in [0.25, 0.3) is 11.3 Å². The van der Waals surface area contributed by atoms with Gasteiger partial charge < -0.3 is 11.5 Å². The van der Waals surface area contributed by atoms with Crippen LogP contribution in [-0.2, 0) is 6.18 Å². The molecule has 0 radical (unpaired) electrons. The summed E-state index contributed by atoms with van der Waals surface area (Å²) >= 11 is 2.80. The molecule has 1 heterocycles. The maximum atomic E-state index is 14.3. The molecule has 0 unspecified atom stereocenters. The molecule has 0 aliphatic rings. The lowest BCUT2D eigenvalue weighted by molar-refractivity contribution is -0.137. The molecule has 1 aromatic carbocycles. The van der Waals surface area contributed by atoms with E-state index in [4.69, 9.17) is 16.7 Å². The predicted molar refractivity (Wildman–Crippen MR) is 73.7 cm³/mol. The highest BCUT2D eigenvalue weighted by Gasteiger charge is 2.37. The molecule has 0 saturated heterocycles. The van der Waals surface area contributed by atoms with Crippen LogP contribution in [0.4, 0.5) is 29.3 Å². The number of nitrogens with two attached hydrogens (primary N) is 2. The number of anilines is 2. The first-order valence-corrected chi connectivity index (χ1v) is 6.34. The van der Waals surface area contributed by atoms with Gasteiger partial charge in [0.1, 0.15) is 23.3 Å². The van der Waals surface area contributed by atoms with Crippen LogP contribution in [0.2, 0.25) is 0 Å². The number of halogens is 5. The molecule has 0 saturated carbocycles. The Balaban J connectivity index is 2.95. The lowest BCUT2D eigenvalue weighted by Crippen LogP contribution is -2.12. The van der Waals surface area contributed by atoms with Crippen molar-refractivity contribution in [3.63, 3.8) is 0 Å². The Morgan fingerprint density at radius 1 is 1.18 bits per heavy atom. The van der Waals surface area contributed by atoms with Crippen molar-refractivity contribution in [2.24, 2.45) is 0 Å². The zero-order valence-electron chi connectivity index (χ0n) is 10.5. The van der Waals surface area contributed by atoms with Crippen molar-refractivity contribution < 1.29 is 17.6 Å². The van der Waals surface area contributed by atoms with E-state index in [0.29, 0.717) is 6.07 Å². The number of hydrogen-bond donors (Lipinski definition) is 2. The predicted octanol–water partition coefficient (Wildman–Crippen LogP) is 3.10. The van der Waals surface area contributed by atoms with Crippen LogP contribution in [-0.4, -0.2) is 9.97 Å². The van der Waals surface area contributed by atoms with Crippen LogP contribution in [0.1, 0.15) is 11.1 Å². The summed E-state index contributed by atoms with van der Waals surface area (Å²) in [6.45, 7) is 0. The molecule has 0 bridgehead atoms. The Labute approximate surface area is 129 Å². The van der Waals surface area contributed by atoms with E-state index in [1.54, 1.807) is 6.07 Å². The Bertz CT molecular complexity index is 798. The zero-order valence-corrected chi connectivity index (χ0v) is 12.1. The van der Waals surface area contributed by atoms with Crippen molar-refractivity contribution in [3.05, 3.63) is 33.5 Å². The van der Waals surface area contributed by atoms with Crippen molar-refractivity contribution in [2.75, 3.05) is 11.5 Å². The van der Waals surface area contributed by atoms with E-state index in [-0.39, 0.29) is 4.47 Å². The van der Waals surface area contributed by atoms with Crippen molar-refractivity contribution in [3.8, 4) is 17.3 Å². The highest BCUT2D eigenvalue weighted by molar-refractivity contribution is 9.10. The number of benzene rings is 1. The number of alkyl halides is 3. The van der Waals surface area contributed by atoms with Crippen LogP contribution in [0.3, 0.4) is 0 Å². The van der Waals surface area contributed by atoms with Crippen molar-refractivity contribution in [1.29, 1.82) is 5.26 Å². The van der Waals surface area contributed by atoms with Crippen molar-refractivity contribution in [2.45, 2.75) is 6.18 Å². The van der Waals surface area contributed by atoms with Gasteiger partial charge in [0.2, 0.25) is 5.95 Å². The largest absolute Gasteiger partial charge is 0.417 e. The summed E-state index contributed by atoms with van der Waals surface area (Å²) in [5.74, 6) is -2.14. The van der Waals surface area contributed by atoms with Crippen LogP contribution in [0.5, 0.6) is 0 Å². The molecule has 0 fully saturated rings. The zero-order chi connectivity index (χ0) is 16.7. The number of rotatable bonds is 1. The van der Waals surface area contributed by atoms with E-state index in [2.05, 4.69) is 25.9 Å². The highest BCUT2D eigenvalue weighted by Crippen LogP contribution is 2.41. The van der Waals surface area contributed by atoms with E-state index in [1.165, 1.54) is 0 Å². The molecule has 2 aromatic rings. The van der Waals surface area contributed by atoms with Crippen molar-refractivity contribution in [1.82, 2.24) is 9.97 Å². The molecule has 0 aliphatic carbocycles. The van der Waals surface area contributed by atoms with Crippen LogP contribution in [0, 0.1) is 17.1 Å². The van der Waals surface area contributed by atoms with Gasteiger partial charge in [-0.25, -0.2) is 9.37 Å². The van der Waals surface area contributed by atoms with Gasteiger partial charge in [-0.05, 0) is 28.1 Å². The van der Waals surface area contributed by atoms with E-state index < -0.39 is 46.1 Å². The fourth-order valence-electron chi connectivity index (χ4n) is 1.81. The highest BCUT2D eigenvalue weighted by atomic mass is 79.9. The minimum atomic E-state index is -4.86. The quantitative estimate of drug-likeness (QED) is 0.745. The summed E-state index contributed by atoms with van der Waals surface area (Å²) in [6, 6.07) is 3.13. The molecular formula is C12H6BrF4N5. The summed E-state index contributed by atoms with van der Waals surface area (Å²) in [7, 11) is 0. The number of aromatic nitrogens is 2. The summed E-state index contributed by atoms with van der Waals surface area (Å²) in [5.41, 5.74) is 7.47. The fraction of sp³-hybridized carbons (Fsp3) is 0.0833. The molecule has 5 nitrogen and oxygen atoms in total. The van der Waals surface area contributed by atoms with E-state index in [9.17, 15) is 17.6 Å². The third kappa shape index (κ3) is 2.67. The Morgan fingerprint density at radius 2 is 1.82 bits per heavy atom. The summed E-state index contributed by atoms with van der Waals surface area (Å²) in [5, 5.41) is 9.04. The maximum absolute atomic E-state index is 14.3. The third-order valence-corrected chi connectivity index (χ3v) is 3.32. The van der Waals surface area contributed by atoms with Gasteiger partial charge in [0, 0.05) is 0 Å². The smallest absolute Gasteiger partial charge is 0.382 e. The Morgan fingerprint density at radius 3 is 2.36 bits per heavy atom. The van der Waals surface area contributed by atoms with Gasteiger partial charge in [-0.15, -0.1) is 0 Å². The van der Waals surface area contributed by atoms with Gasteiger partial charge in [0.05, 0.1) is 21.3 Å². The van der Waals surface area contributed by atoms with Gasteiger partial charge in [-0.2, -0.15) is 23.4 Å². The van der Waals surface area contributed by atoms with Gasteiger partial charge in [-0.3, -0.25) is 0 Å². The molecule has 0 spiro atoms. The Hall–Kier alpha value is -2.41. The molecular weight excluding hydrogens is 370 g/mol. The summed E-state index contributed by atoms with van der Waals surface area (Å²) in [6.07, 6.45) is -4.86. The molecule has 2 rings (SSSR count). The molecule has 22 heavy (non-hydrogen) atoms. The second-order valence-corrected chi connectivity index (χ2v) is 4.94. The van der Waals surface area contributed by atoms with Crippen LogP contribution >= 0.6 is 15.9 Å². The summed E-state index contributed by atoms with van der Waals surface area (Å²) in [4.78, 5) is 7.04. The van der Waals surface area contributed by atoms with Crippen LogP contribution in [0.15, 0.2) is 16.6 Å². The molecule has 0 atom stereocenters.